The van der Waals surface area contributed by atoms with Gasteiger partial charge in [0.25, 0.3) is 0 Å². The van der Waals surface area contributed by atoms with Gasteiger partial charge in [-0.2, -0.15) is 0 Å². The van der Waals surface area contributed by atoms with E-state index in [1.54, 1.807) is 6.42 Å². The van der Waals surface area contributed by atoms with Gasteiger partial charge in [-0.3, -0.25) is 0 Å². The van der Waals surface area contributed by atoms with Crippen molar-refractivity contribution >= 4 is 0 Å². The normalized spacial score (nSPS) is 10.9. The topological polar surface area (TPSA) is 0 Å². The molecule has 0 aromatic rings. The minimum absolute atomic E-state index is 1.06. The molecule has 0 aromatic carbocycles. The van der Waals surface area contributed by atoms with Gasteiger partial charge in [0, 0.05) is 0 Å². The van der Waals surface area contributed by atoms with E-state index in [0.29, 0.717) is 0 Å². The molecule has 0 aliphatic heterocycles. The molecule has 0 fully saturated rings. The minimum Gasteiger partial charge on any atom is -0.119 e. The van der Waals surface area contributed by atoms with Crippen molar-refractivity contribution in [3.8, 4) is 12.3 Å². The van der Waals surface area contributed by atoms with Gasteiger partial charge in [0.2, 0.25) is 0 Å². The Kier molecular flexibility index (Phi) is 4.07. The third kappa shape index (κ3) is 3.49. The second-order valence-corrected chi connectivity index (χ2v) is 1.67. The molecule has 0 N–H and O–H groups in total. The molecule has 0 aliphatic carbocycles. The summed E-state index contributed by atoms with van der Waals surface area (Å²) >= 11 is 0. The fourth-order valence-corrected chi connectivity index (χ4v) is 0.512. The van der Waals surface area contributed by atoms with Crippen molar-refractivity contribution in [2.75, 3.05) is 0 Å². The summed E-state index contributed by atoms with van der Waals surface area (Å²) in [6, 6.07) is 0. The van der Waals surface area contributed by atoms with E-state index in [1.807, 2.05) is 6.92 Å². The molecule has 0 saturated carbocycles. The summed E-state index contributed by atoms with van der Waals surface area (Å²) in [6.45, 7) is 4.09. The van der Waals surface area contributed by atoms with Crippen LogP contribution in [0.25, 0.3) is 0 Å². The Morgan fingerprint density at radius 1 is 1.75 bits per heavy atom. The summed E-state index contributed by atoms with van der Waals surface area (Å²) in [5.74, 6) is 2.46. The number of allylic oxidation sites excluding steroid dienone is 2. The van der Waals surface area contributed by atoms with E-state index in [-0.39, 0.29) is 0 Å². The molecule has 0 bridgehead atoms. The lowest BCUT2D eigenvalue weighted by Gasteiger charge is -1.87. The Morgan fingerprint density at radius 2 is 2.38 bits per heavy atom. The molecule has 1 radical (unpaired) electrons. The molecule has 43 valence electrons. The first-order chi connectivity index (χ1) is 3.81. The number of hydrogen-bond donors (Lipinski definition) is 0. The first-order valence-electron chi connectivity index (χ1n) is 2.77. The highest BCUT2D eigenvalue weighted by molar-refractivity contribution is 5.22. The zero-order valence-corrected chi connectivity index (χ0v) is 5.44. The first kappa shape index (κ1) is 7.30. The lowest BCUT2D eigenvalue weighted by molar-refractivity contribution is 1.19. The Bertz CT molecular complexity index is 112. The van der Waals surface area contributed by atoms with E-state index in [0.717, 1.165) is 6.42 Å². The molecule has 0 heterocycles. The molecular formula is C8H11. The number of rotatable bonds is 2. The van der Waals surface area contributed by atoms with Crippen LogP contribution in [-0.4, -0.2) is 0 Å². The highest BCUT2D eigenvalue weighted by Gasteiger charge is 1.80. The van der Waals surface area contributed by atoms with Crippen molar-refractivity contribution in [3.05, 3.63) is 18.1 Å². The van der Waals surface area contributed by atoms with Gasteiger partial charge in [0.05, 0.1) is 6.42 Å². The second kappa shape index (κ2) is 4.46. The largest absolute Gasteiger partial charge is 0.119 e. The molecule has 0 saturated heterocycles. The van der Waals surface area contributed by atoms with Crippen molar-refractivity contribution in [3.63, 3.8) is 0 Å². The van der Waals surface area contributed by atoms with Gasteiger partial charge in [-0.25, -0.2) is 0 Å². The van der Waals surface area contributed by atoms with E-state index < -0.39 is 0 Å². The molecule has 0 rings (SSSR count). The quantitative estimate of drug-likeness (QED) is 0.474. The molecular weight excluding hydrogens is 96.1 g/mol. The van der Waals surface area contributed by atoms with Crippen molar-refractivity contribution < 1.29 is 0 Å². The lowest BCUT2D eigenvalue weighted by Crippen LogP contribution is -1.71. The Hall–Kier alpha value is -0.700. The standard InChI is InChI=1S/C8H11/c1-4-6-8(3)7-5-2/h1,6-7H,5H2,2-3H3/b8-7-. The average molecular weight is 107 g/mol. The third-order valence-corrected chi connectivity index (χ3v) is 0.837. The molecule has 0 spiro atoms. The zero-order chi connectivity index (χ0) is 6.41. The summed E-state index contributed by atoms with van der Waals surface area (Å²) < 4.78 is 0. The van der Waals surface area contributed by atoms with Crippen LogP contribution in [0, 0.1) is 18.8 Å². The fraction of sp³-hybridized carbons (Fsp3) is 0.375. The van der Waals surface area contributed by atoms with Crippen LogP contribution < -0.4 is 0 Å². The Labute approximate surface area is 51.6 Å². The van der Waals surface area contributed by atoms with Gasteiger partial charge in [-0.05, 0) is 13.3 Å². The number of terminal acetylenes is 1. The van der Waals surface area contributed by atoms with Crippen LogP contribution in [0.1, 0.15) is 20.3 Å². The van der Waals surface area contributed by atoms with Crippen LogP contribution in [0.3, 0.4) is 0 Å². The molecule has 0 heteroatoms. The van der Waals surface area contributed by atoms with E-state index in [9.17, 15) is 0 Å². The van der Waals surface area contributed by atoms with Crippen molar-refractivity contribution in [1.29, 1.82) is 0 Å². The van der Waals surface area contributed by atoms with Crippen LogP contribution >= 0.6 is 0 Å². The molecule has 0 aromatic heterocycles. The van der Waals surface area contributed by atoms with Gasteiger partial charge >= 0.3 is 0 Å². The van der Waals surface area contributed by atoms with Crippen LogP contribution in [0.15, 0.2) is 11.6 Å². The maximum Gasteiger partial charge on any atom is 0.0582 e. The van der Waals surface area contributed by atoms with Crippen LogP contribution in [-0.2, 0) is 0 Å². The molecule has 8 heavy (non-hydrogen) atoms. The highest BCUT2D eigenvalue weighted by Crippen LogP contribution is 1.96. The van der Waals surface area contributed by atoms with E-state index in [2.05, 4.69) is 18.9 Å². The summed E-state index contributed by atoms with van der Waals surface area (Å²) in [7, 11) is 0. The molecule has 0 nitrogen and oxygen atoms in total. The minimum atomic E-state index is 1.06. The SMILES string of the molecule is C#C[CH]/C(C)=C\CC. The van der Waals surface area contributed by atoms with Gasteiger partial charge in [0.1, 0.15) is 0 Å². The van der Waals surface area contributed by atoms with Crippen molar-refractivity contribution in [1.82, 2.24) is 0 Å². The lowest BCUT2D eigenvalue weighted by atomic mass is 10.2. The Morgan fingerprint density at radius 3 is 2.75 bits per heavy atom. The van der Waals surface area contributed by atoms with Crippen molar-refractivity contribution in [2.45, 2.75) is 20.3 Å². The second-order valence-electron chi connectivity index (χ2n) is 1.67. The maximum atomic E-state index is 5.01. The summed E-state index contributed by atoms with van der Waals surface area (Å²) in [4.78, 5) is 0. The predicted octanol–water partition coefficient (Wildman–Crippen LogP) is 2.18. The molecule has 0 unspecified atom stereocenters. The van der Waals surface area contributed by atoms with Crippen molar-refractivity contribution in [2.24, 2.45) is 0 Å². The van der Waals surface area contributed by atoms with Gasteiger partial charge in [-0.1, -0.05) is 24.5 Å². The third-order valence-electron chi connectivity index (χ3n) is 0.837. The monoisotopic (exact) mass is 107 g/mol. The van der Waals surface area contributed by atoms with Crippen LogP contribution in [0.2, 0.25) is 0 Å². The molecule has 0 amide bonds. The van der Waals surface area contributed by atoms with E-state index in [4.69, 9.17) is 6.42 Å². The smallest absolute Gasteiger partial charge is 0.0582 e. The average Bonchev–Trinajstić information content (AvgIpc) is 1.68. The fourth-order valence-electron chi connectivity index (χ4n) is 0.512. The van der Waals surface area contributed by atoms with Gasteiger partial charge in [-0.15, -0.1) is 6.42 Å². The molecule has 0 aliphatic rings. The maximum absolute atomic E-state index is 5.01. The summed E-state index contributed by atoms with van der Waals surface area (Å²) in [6.07, 6.45) is 9.94. The number of hydrogen-bond acceptors (Lipinski definition) is 0. The van der Waals surface area contributed by atoms with Crippen LogP contribution in [0.4, 0.5) is 0 Å². The highest BCUT2D eigenvalue weighted by atomic mass is 13.8. The van der Waals surface area contributed by atoms with E-state index in [1.165, 1.54) is 5.57 Å². The first-order valence-corrected chi connectivity index (χ1v) is 2.77. The summed E-state index contributed by atoms with van der Waals surface area (Å²) in [5, 5.41) is 0. The van der Waals surface area contributed by atoms with E-state index >= 15 is 0 Å². The van der Waals surface area contributed by atoms with Gasteiger partial charge in [0.15, 0.2) is 0 Å². The Balaban J connectivity index is 3.49. The summed E-state index contributed by atoms with van der Waals surface area (Å²) in [5.41, 5.74) is 1.18. The zero-order valence-electron chi connectivity index (χ0n) is 5.44. The molecule has 0 atom stereocenters. The predicted molar refractivity (Wildman–Crippen MR) is 37.2 cm³/mol. The van der Waals surface area contributed by atoms with Crippen LogP contribution in [0.5, 0.6) is 0 Å². The van der Waals surface area contributed by atoms with Gasteiger partial charge < -0.3 is 0 Å².